The van der Waals surface area contributed by atoms with Crippen LogP contribution in [0.2, 0.25) is 10.0 Å². The normalized spacial score (nSPS) is 16.9. The maximum absolute atomic E-state index is 13.9. The Kier molecular flexibility index (Phi) is 7.19. The number of hydrogen-bond donors (Lipinski definition) is 2. The molecule has 2 amide bonds. The number of amides is 2. The number of nitrogens with zero attached hydrogens (tertiary/aromatic N) is 3. The van der Waals surface area contributed by atoms with Crippen LogP contribution in [0.25, 0.3) is 16.7 Å². The molecule has 2 atom stereocenters. The number of halogens is 6. The van der Waals surface area contributed by atoms with Gasteiger partial charge < -0.3 is 10.4 Å². The Hall–Kier alpha value is -3.22. The third-order valence-corrected chi connectivity index (χ3v) is 6.37. The molecule has 1 aromatic carbocycles. The SMILES string of the molecule is CCC(NC(=O)c1cn(-c2c(Cl)cc(F)cc2Cl)c2nc(N3C[C@@H](O)CC3=O)ccc2c1=O)C(F)(F)F. The summed E-state index contributed by atoms with van der Waals surface area (Å²) in [6, 6.07) is 2.14. The van der Waals surface area contributed by atoms with Crippen molar-refractivity contribution in [2.24, 2.45) is 0 Å². The number of aliphatic hydroxyl groups is 1. The number of carbonyl (C=O) groups excluding carboxylic acids is 2. The fraction of sp³-hybridized carbons (Fsp3) is 0.304. The zero-order chi connectivity index (χ0) is 27.2. The summed E-state index contributed by atoms with van der Waals surface area (Å²) >= 11 is 12.4. The van der Waals surface area contributed by atoms with Crippen molar-refractivity contribution in [2.45, 2.75) is 38.1 Å². The summed E-state index contributed by atoms with van der Waals surface area (Å²) in [5, 5.41) is 10.9. The average molecular weight is 561 g/mol. The number of benzene rings is 1. The Morgan fingerprint density at radius 3 is 2.43 bits per heavy atom. The largest absolute Gasteiger partial charge is 0.408 e. The molecule has 2 N–H and O–H groups in total. The van der Waals surface area contributed by atoms with Gasteiger partial charge in [0.25, 0.3) is 5.91 Å². The number of β-amino-alcohol motifs (C(OH)–C–C–N with tert-alkyl or cyclic N) is 1. The lowest BCUT2D eigenvalue weighted by Gasteiger charge is -2.21. The molecule has 1 fully saturated rings. The van der Waals surface area contributed by atoms with Gasteiger partial charge in [0.2, 0.25) is 11.3 Å². The van der Waals surface area contributed by atoms with Crippen LogP contribution in [-0.2, 0) is 4.79 Å². The van der Waals surface area contributed by atoms with Gasteiger partial charge in [-0.25, -0.2) is 9.37 Å². The first kappa shape index (κ1) is 26.8. The predicted molar refractivity (Wildman–Crippen MR) is 128 cm³/mol. The molecule has 1 aliphatic rings. The number of anilines is 1. The molecule has 0 spiro atoms. The number of carbonyl (C=O) groups is 2. The first-order chi connectivity index (χ1) is 17.3. The van der Waals surface area contributed by atoms with Crippen LogP contribution in [0.3, 0.4) is 0 Å². The first-order valence-corrected chi connectivity index (χ1v) is 11.6. The second-order valence-corrected chi connectivity index (χ2v) is 9.15. The van der Waals surface area contributed by atoms with E-state index in [1.807, 2.05) is 5.32 Å². The van der Waals surface area contributed by atoms with E-state index in [2.05, 4.69) is 4.98 Å². The van der Waals surface area contributed by atoms with Crippen molar-refractivity contribution in [1.29, 1.82) is 0 Å². The standard InChI is InChI=1S/C23H18Cl2F4N4O4/c1-2-16(23(27,28)29)30-22(37)13-9-33(19-14(24)5-10(26)6-15(19)25)21-12(20(13)36)3-4-17(31-21)32-8-11(34)7-18(32)35/h3-6,9,11,16,34H,2,7-8H2,1H3,(H,30,37)/t11-,16?/m0/s1. The summed E-state index contributed by atoms with van der Waals surface area (Å²) in [6.45, 7) is 1.16. The predicted octanol–water partition coefficient (Wildman–Crippen LogP) is 4.00. The van der Waals surface area contributed by atoms with Crippen LogP contribution in [0.1, 0.15) is 30.1 Å². The number of aliphatic hydroxyl groups excluding tert-OH is 1. The first-order valence-electron chi connectivity index (χ1n) is 10.9. The van der Waals surface area contributed by atoms with E-state index in [1.54, 1.807) is 0 Å². The molecule has 14 heteroatoms. The summed E-state index contributed by atoms with van der Waals surface area (Å²) in [5.41, 5.74) is -1.88. The average Bonchev–Trinajstić information content (AvgIpc) is 3.14. The Bertz CT molecular complexity index is 1450. The quantitative estimate of drug-likeness (QED) is 0.459. The number of hydrogen-bond acceptors (Lipinski definition) is 5. The highest BCUT2D eigenvalue weighted by Crippen LogP contribution is 2.33. The van der Waals surface area contributed by atoms with E-state index < -0.39 is 53.4 Å². The molecular formula is C23H18Cl2F4N4O4. The summed E-state index contributed by atoms with van der Waals surface area (Å²) < 4.78 is 54.7. The molecule has 0 saturated carbocycles. The lowest BCUT2D eigenvalue weighted by Crippen LogP contribution is -2.46. The molecule has 1 aliphatic heterocycles. The van der Waals surface area contributed by atoms with Crippen LogP contribution in [0, 0.1) is 5.82 Å². The Morgan fingerprint density at radius 1 is 1.24 bits per heavy atom. The second kappa shape index (κ2) is 9.92. The minimum Gasteiger partial charge on any atom is -0.391 e. The van der Waals surface area contributed by atoms with Gasteiger partial charge in [-0.3, -0.25) is 23.9 Å². The summed E-state index contributed by atoms with van der Waals surface area (Å²) in [7, 11) is 0. The molecule has 3 aromatic rings. The molecule has 37 heavy (non-hydrogen) atoms. The van der Waals surface area contributed by atoms with Crippen molar-refractivity contribution >= 4 is 51.9 Å². The third kappa shape index (κ3) is 5.13. The molecule has 1 unspecified atom stereocenters. The molecule has 8 nitrogen and oxygen atoms in total. The van der Waals surface area contributed by atoms with Gasteiger partial charge in [0.05, 0.1) is 40.2 Å². The van der Waals surface area contributed by atoms with Gasteiger partial charge in [0, 0.05) is 6.20 Å². The molecule has 196 valence electrons. The number of aromatic nitrogens is 2. The van der Waals surface area contributed by atoms with Gasteiger partial charge in [-0.2, -0.15) is 13.2 Å². The van der Waals surface area contributed by atoms with E-state index >= 15 is 0 Å². The van der Waals surface area contributed by atoms with Gasteiger partial charge in [-0.15, -0.1) is 0 Å². The molecule has 0 radical (unpaired) electrons. The van der Waals surface area contributed by atoms with Crippen LogP contribution >= 0.6 is 23.2 Å². The van der Waals surface area contributed by atoms with Crippen LogP contribution in [-0.4, -0.2) is 51.3 Å². The van der Waals surface area contributed by atoms with Gasteiger partial charge in [-0.1, -0.05) is 30.1 Å². The molecular weight excluding hydrogens is 543 g/mol. The maximum Gasteiger partial charge on any atom is 0.408 e. The number of alkyl halides is 3. The Labute approximate surface area is 216 Å². The number of rotatable bonds is 5. The molecule has 0 bridgehead atoms. The molecule has 4 rings (SSSR count). The van der Waals surface area contributed by atoms with Gasteiger partial charge in [0.15, 0.2) is 5.65 Å². The smallest absolute Gasteiger partial charge is 0.391 e. The van der Waals surface area contributed by atoms with Gasteiger partial charge in [-0.05, 0) is 30.7 Å². The Balaban J connectivity index is 1.96. The van der Waals surface area contributed by atoms with E-state index in [0.29, 0.717) is 0 Å². The lowest BCUT2D eigenvalue weighted by atomic mass is 10.1. The van der Waals surface area contributed by atoms with E-state index in [9.17, 15) is 37.1 Å². The van der Waals surface area contributed by atoms with Crippen LogP contribution < -0.4 is 15.6 Å². The minimum absolute atomic E-state index is 0.0527. The van der Waals surface area contributed by atoms with Crippen molar-refractivity contribution in [3.05, 3.63) is 62.1 Å². The minimum atomic E-state index is -4.76. The summed E-state index contributed by atoms with van der Waals surface area (Å²) in [5.74, 6) is -2.47. The van der Waals surface area contributed by atoms with E-state index in [4.69, 9.17) is 23.2 Å². The number of fused-ring (bicyclic) bond motifs is 1. The zero-order valence-electron chi connectivity index (χ0n) is 18.9. The van der Waals surface area contributed by atoms with Gasteiger partial charge in [0.1, 0.15) is 23.2 Å². The molecule has 1 saturated heterocycles. The highest BCUT2D eigenvalue weighted by molar-refractivity contribution is 6.37. The Morgan fingerprint density at radius 2 is 1.89 bits per heavy atom. The van der Waals surface area contributed by atoms with Crippen molar-refractivity contribution in [1.82, 2.24) is 14.9 Å². The second-order valence-electron chi connectivity index (χ2n) is 8.34. The monoisotopic (exact) mass is 560 g/mol. The summed E-state index contributed by atoms with van der Waals surface area (Å²) in [6.07, 6.45) is -5.40. The van der Waals surface area contributed by atoms with Gasteiger partial charge >= 0.3 is 6.18 Å². The van der Waals surface area contributed by atoms with E-state index in [-0.39, 0.29) is 45.5 Å². The highest BCUT2D eigenvalue weighted by atomic mass is 35.5. The number of nitrogens with one attached hydrogen (secondary N) is 1. The fourth-order valence-corrected chi connectivity index (χ4v) is 4.64. The maximum atomic E-state index is 13.9. The zero-order valence-corrected chi connectivity index (χ0v) is 20.5. The third-order valence-electron chi connectivity index (χ3n) is 5.79. The van der Waals surface area contributed by atoms with E-state index in [1.165, 1.54) is 24.0 Å². The molecule has 2 aromatic heterocycles. The van der Waals surface area contributed by atoms with Crippen molar-refractivity contribution < 1.29 is 32.3 Å². The van der Waals surface area contributed by atoms with Crippen molar-refractivity contribution in [2.75, 3.05) is 11.4 Å². The topological polar surface area (TPSA) is 105 Å². The molecule has 3 heterocycles. The van der Waals surface area contributed by atoms with Crippen LogP contribution in [0.4, 0.5) is 23.4 Å². The van der Waals surface area contributed by atoms with Crippen LogP contribution in [0.5, 0.6) is 0 Å². The summed E-state index contributed by atoms with van der Waals surface area (Å²) in [4.78, 5) is 43.8. The fourth-order valence-electron chi connectivity index (χ4n) is 4.00. The lowest BCUT2D eigenvalue weighted by molar-refractivity contribution is -0.153. The van der Waals surface area contributed by atoms with Crippen LogP contribution in [0.15, 0.2) is 35.3 Å². The molecule has 0 aliphatic carbocycles. The van der Waals surface area contributed by atoms with Crippen molar-refractivity contribution in [3.8, 4) is 5.69 Å². The number of pyridine rings is 2. The van der Waals surface area contributed by atoms with E-state index in [0.717, 1.165) is 22.9 Å². The highest BCUT2D eigenvalue weighted by Gasteiger charge is 2.40. The van der Waals surface area contributed by atoms with Crippen molar-refractivity contribution in [3.63, 3.8) is 0 Å².